The number of carbonyl (C=O) groups is 1. The predicted octanol–water partition coefficient (Wildman–Crippen LogP) is 4.44. The Morgan fingerprint density at radius 2 is 1.73 bits per heavy atom. The van der Waals surface area contributed by atoms with E-state index in [-0.39, 0.29) is 17.4 Å². The lowest BCUT2D eigenvalue weighted by atomic mass is 10.0. The summed E-state index contributed by atoms with van der Waals surface area (Å²) in [5.41, 5.74) is 3.25. The van der Waals surface area contributed by atoms with Crippen LogP contribution in [0.2, 0.25) is 0 Å². The molecule has 3 heterocycles. The summed E-state index contributed by atoms with van der Waals surface area (Å²) in [6, 6.07) is 23.8. The highest BCUT2D eigenvalue weighted by Gasteiger charge is 2.17. The van der Waals surface area contributed by atoms with Crippen LogP contribution in [0.3, 0.4) is 0 Å². The van der Waals surface area contributed by atoms with Crippen molar-refractivity contribution in [3.63, 3.8) is 0 Å². The fraction of sp³-hybridized carbons (Fsp3) is 0.0400. The quantitative estimate of drug-likeness (QED) is 0.423. The maximum absolute atomic E-state index is 13.0. The summed E-state index contributed by atoms with van der Waals surface area (Å²) in [7, 11) is 0. The van der Waals surface area contributed by atoms with Crippen molar-refractivity contribution in [3.8, 4) is 28.5 Å². The molecule has 162 valence electrons. The number of benzene rings is 2. The van der Waals surface area contributed by atoms with Gasteiger partial charge in [-0.1, -0.05) is 42.5 Å². The lowest BCUT2D eigenvalue weighted by molar-refractivity contribution is 0.102. The Labute approximate surface area is 188 Å². The molecule has 0 saturated carbocycles. The van der Waals surface area contributed by atoms with Crippen molar-refractivity contribution in [2.75, 3.05) is 5.32 Å². The zero-order valence-electron chi connectivity index (χ0n) is 17.6. The van der Waals surface area contributed by atoms with E-state index in [1.807, 2.05) is 42.5 Å². The summed E-state index contributed by atoms with van der Waals surface area (Å²) in [5, 5.41) is 7.34. The number of carbonyl (C=O) groups excluding carboxylic acids is 1. The number of anilines is 1. The average molecular weight is 437 g/mol. The number of H-pyrrole nitrogens is 1. The molecule has 0 atom stereocenters. The highest BCUT2D eigenvalue weighted by molar-refractivity contribution is 6.04. The SMILES string of the molecule is Cc1cc(=O)[nH]c(-n2nc(-c3ccco3)cc2NC(=O)c2ccc(-c3ccccc3)cc2)n1. The largest absolute Gasteiger partial charge is 0.463 e. The number of hydrogen-bond donors (Lipinski definition) is 2. The number of aromatic nitrogens is 4. The van der Waals surface area contributed by atoms with Gasteiger partial charge in [0.1, 0.15) is 11.5 Å². The van der Waals surface area contributed by atoms with Gasteiger partial charge in [-0.25, -0.2) is 4.98 Å². The third-order valence-electron chi connectivity index (χ3n) is 5.04. The second-order valence-electron chi connectivity index (χ2n) is 7.41. The number of rotatable bonds is 5. The Bertz CT molecular complexity index is 1470. The second kappa shape index (κ2) is 8.43. The summed E-state index contributed by atoms with van der Waals surface area (Å²) >= 11 is 0. The van der Waals surface area contributed by atoms with Gasteiger partial charge in [0.15, 0.2) is 5.76 Å². The Balaban J connectivity index is 1.48. The number of furan rings is 1. The molecule has 5 rings (SSSR count). The number of aryl methyl sites for hydroxylation is 1. The van der Waals surface area contributed by atoms with Gasteiger partial charge in [-0.2, -0.15) is 9.78 Å². The van der Waals surface area contributed by atoms with Crippen LogP contribution >= 0.6 is 0 Å². The Hall–Kier alpha value is -4.72. The molecule has 0 unspecified atom stereocenters. The van der Waals surface area contributed by atoms with E-state index in [9.17, 15) is 9.59 Å². The van der Waals surface area contributed by atoms with Crippen molar-refractivity contribution >= 4 is 11.7 Å². The minimum absolute atomic E-state index is 0.188. The first-order chi connectivity index (χ1) is 16.1. The van der Waals surface area contributed by atoms with E-state index in [1.165, 1.54) is 17.0 Å². The van der Waals surface area contributed by atoms with Gasteiger partial charge < -0.3 is 9.73 Å². The lowest BCUT2D eigenvalue weighted by Gasteiger charge is -2.09. The highest BCUT2D eigenvalue weighted by Crippen LogP contribution is 2.25. The fourth-order valence-corrected chi connectivity index (χ4v) is 3.47. The van der Waals surface area contributed by atoms with Gasteiger partial charge in [0, 0.05) is 23.4 Å². The smallest absolute Gasteiger partial charge is 0.256 e. The monoisotopic (exact) mass is 437 g/mol. The molecule has 33 heavy (non-hydrogen) atoms. The topological polar surface area (TPSA) is 106 Å². The fourth-order valence-electron chi connectivity index (χ4n) is 3.47. The second-order valence-corrected chi connectivity index (χ2v) is 7.41. The van der Waals surface area contributed by atoms with Gasteiger partial charge in [0.05, 0.1) is 6.26 Å². The summed E-state index contributed by atoms with van der Waals surface area (Å²) in [5.74, 6) is 0.725. The number of amides is 1. The van der Waals surface area contributed by atoms with Crippen molar-refractivity contribution in [1.82, 2.24) is 19.7 Å². The van der Waals surface area contributed by atoms with Gasteiger partial charge in [0.2, 0.25) is 5.95 Å². The van der Waals surface area contributed by atoms with Crippen LogP contribution < -0.4 is 10.9 Å². The number of hydrogen-bond acceptors (Lipinski definition) is 5. The summed E-state index contributed by atoms with van der Waals surface area (Å²) < 4.78 is 6.81. The van der Waals surface area contributed by atoms with E-state index in [1.54, 1.807) is 37.3 Å². The molecule has 0 spiro atoms. The number of nitrogens with one attached hydrogen (secondary N) is 2. The van der Waals surface area contributed by atoms with Crippen molar-refractivity contribution in [2.45, 2.75) is 6.92 Å². The maximum Gasteiger partial charge on any atom is 0.256 e. The first kappa shape index (κ1) is 20.2. The standard InChI is InChI=1S/C25H19N5O3/c1-16-14-23(31)28-25(26-16)30-22(15-20(29-30)21-8-5-13-33-21)27-24(32)19-11-9-18(10-12-19)17-6-3-2-4-7-17/h2-15H,1H3,(H,27,32)(H,26,28,31). The van der Waals surface area contributed by atoms with Crippen molar-refractivity contribution in [3.05, 3.63) is 107 Å². The van der Waals surface area contributed by atoms with Crippen LogP contribution in [0.15, 0.2) is 94.3 Å². The number of nitrogens with zero attached hydrogens (tertiary/aromatic N) is 3. The Kier molecular flexibility index (Phi) is 5.16. The molecule has 1 amide bonds. The molecular weight excluding hydrogens is 418 g/mol. The molecule has 3 aromatic heterocycles. The number of aromatic amines is 1. The van der Waals surface area contributed by atoms with Crippen molar-refractivity contribution in [1.29, 1.82) is 0 Å². The van der Waals surface area contributed by atoms with Crippen molar-refractivity contribution < 1.29 is 9.21 Å². The molecule has 0 saturated heterocycles. The van der Waals surface area contributed by atoms with Gasteiger partial charge in [-0.3, -0.25) is 14.6 Å². The molecule has 5 aromatic rings. The molecule has 0 fully saturated rings. The molecule has 8 heteroatoms. The van der Waals surface area contributed by atoms with Gasteiger partial charge in [0.25, 0.3) is 11.5 Å². The molecule has 0 bridgehead atoms. The highest BCUT2D eigenvalue weighted by atomic mass is 16.3. The molecule has 2 N–H and O–H groups in total. The first-order valence-electron chi connectivity index (χ1n) is 10.3. The molecule has 0 aliphatic heterocycles. The summed E-state index contributed by atoms with van der Waals surface area (Å²) in [4.78, 5) is 32.0. The van der Waals surface area contributed by atoms with Gasteiger partial charge >= 0.3 is 0 Å². The van der Waals surface area contributed by atoms with Crippen LogP contribution in [0.4, 0.5) is 5.82 Å². The van der Waals surface area contributed by atoms with E-state index in [2.05, 4.69) is 20.4 Å². The third-order valence-corrected chi connectivity index (χ3v) is 5.04. The molecular formula is C25H19N5O3. The molecule has 0 aliphatic carbocycles. The average Bonchev–Trinajstić information content (AvgIpc) is 3.49. The van der Waals surface area contributed by atoms with Crippen LogP contribution in [0.1, 0.15) is 16.1 Å². The normalized spacial score (nSPS) is 10.8. The van der Waals surface area contributed by atoms with Crippen LogP contribution in [-0.2, 0) is 0 Å². The van der Waals surface area contributed by atoms with E-state index < -0.39 is 0 Å². The maximum atomic E-state index is 13.0. The third kappa shape index (κ3) is 4.22. The van der Waals surface area contributed by atoms with Crippen LogP contribution in [0, 0.1) is 6.92 Å². The molecule has 8 nitrogen and oxygen atoms in total. The van der Waals surface area contributed by atoms with Gasteiger partial charge in [-0.05, 0) is 42.3 Å². The minimum Gasteiger partial charge on any atom is -0.463 e. The Morgan fingerprint density at radius 1 is 0.970 bits per heavy atom. The zero-order valence-corrected chi connectivity index (χ0v) is 17.6. The van der Waals surface area contributed by atoms with E-state index in [0.29, 0.717) is 28.5 Å². The summed E-state index contributed by atoms with van der Waals surface area (Å²) in [6.07, 6.45) is 1.54. The Morgan fingerprint density at radius 3 is 2.42 bits per heavy atom. The van der Waals surface area contributed by atoms with Crippen molar-refractivity contribution in [2.24, 2.45) is 0 Å². The van der Waals surface area contributed by atoms with Crippen LogP contribution in [-0.4, -0.2) is 25.7 Å². The molecule has 0 aliphatic rings. The minimum atomic E-state index is -0.322. The molecule has 2 aromatic carbocycles. The predicted molar refractivity (Wildman–Crippen MR) is 124 cm³/mol. The van der Waals surface area contributed by atoms with Gasteiger partial charge in [-0.15, -0.1) is 0 Å². The summed E-state index contributed by atoms with van der Waals surface area (Å²) in [6.45, 7) is 1.71. The first-order valence-corrected chi connectivity index (χ1v) is 10.3. The van der Waals surface area contributed by atoms with Crippen LogP contribution in [0.25, 0.3) is 28.5 Å². The van der Waals surface area contributed by atoms with E-state index >= 15 is 0 Å². The van der Waals surface area contributed by atoms with E-state index in [0.717, 1.165) is 11.1 Å². The molecule has 0 radical (unpaired) electrons. The zero-order chi connectivity index (χ0) is 22.8. The van der Waals surface area contributed by atoms with Crippen LogP contribution in [0.5, 0.6) is 0 Å². The van der Waals surface area contributed by atoms with E-state index in [4.69, 9.17) is 4.42 Å². The lowest BCUT2D eigenvalue weighted by Crippen LogP contribution is -2.18.